The van der Waals surface area contributed by atoms with Gasteiger partial charge in [0, 0.05) is 27.7 Å². The van der Waals surface area contributed by atoms with Gasteiger partial charge in [0.1, 0.15) is 11.6 Å². The lowest BCUT2D eigenvalue weighted by atomic mass is 10.2. The van der Waals surface area contributed by atoms with Crippen LogP contribution in [-0.4, -0.2) is 16.5 Å². The Labute approximate surface area is 134 Å². The average molecular weight is 320 g/mol. The second kappa shape index (κ2) is 6.67. The molecule has 21 heavy (non-hydrogen) atoms. The highest BCUT2D eigenvalue weighted by Crippen LogP contribution is 2.28. The zero-order valence-corrected chi connectivity index (χ0v) is 13.6. The number of fused-ring (bicyclic) bond motifs is 1. The molecule has 0 radical (unpaired) electrons. The third-order valence-electron chi connectivity index (χ3n) is 3.51. The summed E-state index contributed by atoms with van der Waals surface area (Å²) in [6.45, 7) is 3.00. The van der Waals surface area contributed by atoms with Crippen molar-refractivity contribution in [2.45, 2.75) is 36.8 Å². The molecule has 110 valence electrons. The zero-order chi connectivity index (χ0) is 14.7. The first-order chi connectivity index (χ1) is 10.3. The number of aromatic nitrogens is 2. The predicted molar refractivity (Wildman–Crippen MR) is 89.2 cm³/mol. The maximum Gasteiger partial charge on any atom is 0.141 e. The smallest absolute Gasteiger partial charge is 0.141 e. The molecule has 1 aromatic heterocycles. The van der Waals surface area contributed by atoms with Gasteiger partial charge in [-0.15, -0.1) is 11.8 Å². The summed E-state index contributed by atoms with van der Waals surface area (Å²) in [7, 11) is 0. The molecule has 3 nitrogen and oxygen atoms in total. The molecule has 0 bridgehead atoms. The van der Waals surface area contributed by atoms with Gasteiger partial charge < -0.3 is 5.32 Å². The fraction of sp³-hybridized carbons (Fsp3) is 0.375. The van der Waals surface area contributed by atoms with Crippen LogP contribution in [0, 0.1) is 0 Å². The predicted octanol–water partition coefficient (Wildman–Crippen LogP) is 4.34. The Bertz CT molecular complexity index is 628. The lowest BCUT2D eigenvalue weighted by Gasteiger charge is -2.10. The molecule has 1 aliphatic carbocycles. The van der Waals surface area contributed by atoms with E-state index in [1.807, 2.05) is 24.3 Å². The van der Waals surface area contributed by atoms with Crippen LogP contribution in [0.15, 0.2) is 29.2 Å². The van der Waals surface area contributed by atoms with E-state index in [1.54, 1.807) is 11.8 Å². The van der Waals surface area contributed by atoms with Crippen LogP contribution >= 0.6 is 23.4 Å². The van der Waals surface area contributed by atoms with E-state index >= 15 is 0 Å². The van der Waals surface area contributed by atoms with E-state index in [4.69, 9.17) is 21.6 Å². The number of nitrogens with zero attached hydrogens (tertiary/aromatic N) is 2. The highest BCUT2D eigenvalue weighted by Gasteiger charge is 2.18. The maximum atomic E-state index is 5.91. The first kappa shape index (κ1) is 14.7. The molecule has 0 unspecified atom stereocenters. The third-order valence-corrected chi connectivity index (χ3v) is 4.77. The zero-order valence-electron chi connectivity index (χ0n) is 12.0. The first-order valence-electron chi connectivity index (χ1n) is 7.27. The van der Waals surface area contributed by atoms with E-state index in [-0.39, 0.29) is 0 Å². The fourth-order valence-corrected chi connectivity index (χ4v) is 3.42. The SMILES string of the molecule is CCNc1nc(CSc2ccc(Cl)cc2)nc2c1CCC2. The highest BCUT2D eigenvalue weighted by molar-refractivity contribution is 7.98. The summed E-state index contributed by atoms with van der Waals surface area (Å²) in [6, 6.07) is 7.89. The van der Waals surface area contributed by atoms with E-state index in [9.17, 15) is 0 Å². The van der Waals surface area contributed by atoms with Crippen LogP contribution in [0.4, 0.5) is 5.82 Å². The number of halogens is 1. The van der Waals surface area contributed by atoms with Crippen molar-refractivity contribution in [3.05, 3.63) is 46.4 Å². The Morgan fingerprint density at radius 2 is 2.00 bits per heavy atom. The number of hydrogen-bond donors (Lipinski definition) is 1. The molecule has 1 aliphatic rings. The molecule has 1 N–H and O–H groups in total. The molecule has 0 atom stereocenters. The molecule has 1 aromatic carbocycles. The molecule has 0 saturated heterocycles. The minimum Gasteiger partial charge on any atom is -0.370 e. The molecule has 0 spiro atoms. The lowest BCUT2D eigenvalue weighted by molar-refractivity contribution is 0.893. The molecule has 0 saturated carbocycles. The monoisotopic (exact) mass is 319 g/mol. The highest BCUT2D eigenvalue weighted by atomic mass is 35.5. The number of benzene rings is 1. The van der Waals surface area contributed by atoms with Gasteiger partial charge >= 0.3 is 0 Å². The lowest BCUT2D eigenvalue weighted by Crippen LogP contribution is -2.08. The van der Waals surface area contributed by atoms with Crippen LogP contribution in [-0.2, 0) is 18.6 Å². The molecular weight excluding hydrogens is 302 g/mol. The normalized spacial score (nSPS) is 13.2. The van der Waals surface area contributed by atoms with E-state index in [2.05, 4.69) is 12.2 Å². The standard InChI is InChI=1S/C16H18ClN3S/c1-2-18-16-13-4-3-5-14(13)19-15(20-16)10-21-12-8-6-11(17)7-9-12/h6-9H,2-5,10H2,1H3,(H,18,19,20). The van der Waals surface area contributed by atoms with Crippen LogP contribution in [0.2, 0.25) is 5.02 Å². The van der Waals surface area contributed by atoms with Gasteiger partial charge in [-0.1, -0.05) is 11.6 Å². The molecule has 1 heterocycles. The van der Waals surface area contributed by atoms with Crippen LogP contribution < -0.4 is 5.32 Å². The summed E-state index contributed by atoms with van der Waals surface area (Å²) >= 11 is 7.65. The summed E-state index contributed by atoms with van der Waals surface area (Å²) in [5.74, 6) is 2.73. The maximum absolute atomic E-state index is 5.91. The third kappa shape index (κ3) is 3.50. The summed E-state index contributed by atoms with van der Waals surface area (Å²) in [6.07, 6.45) is 3.37. The quantitative estimate of drug-likeness (QED) is 0.832. The number of hydrogen-bond acceptors (Lipinski definition) is 4. The van der Waals surface area contributed by atoms with Gasteiger partial charge in [-0.2, -0.15) is 0 Å². The van der Waals surface area contributed by atoms with E-state index < -0.39 is 0 Å². The molecule has 5 heteroatoms. The first-order valence-corrected chi connectivity index (χ1v) is 8.63. The van der Waals surface area contributed by atoms with E-state index in [0.29, 0.717) is 0 Å². The Balaban J connectivity index is 1.76. The van der Waals surface area contributed by atoms with Gasteiger partial charge in [-0.25, -0.2) is 9.97 Å². The van der Waals surface area contributed by atoms with E-state index in [1.165, 1.54) is 22.6 Å². The van der Waals surface area contributed by atoms with Gasteiger partial charge in [0.15, 0.2) is 0 Å². The number of anilines is 1. The second-order valence-electron chi connectivity index (χ2n) is 5.04. The summed E-state index contributed by atoms with van der Waals surface area (Å²) in [5, 5.41) is 4.14. The van der Waals surface area contributed by atoms with Crippen LogP contribution in [0.25, 0.3) is 0 Å². The molecule has 0 aliphatic heterocycles. The molecular formula is C16H18ClN3S. The van der Waals surface area contributed by atoms with Crippen molar-refractivity contribution in [2.24, 2.45) is 0 Å². The van der Waals surface area contributed by atoms with Gasteiger partial charge in [0.05, 0.1) is 5.75 Å². The van der Waals surface area contributed by atoms with Crippen LogP contribution in [0.3, 0.4) is 0 Å². The van der Waals surface area contributed by atoms with Gasteiger partial charge in [-0.05, 0) is 50.5 Å². The minimum atomic E-state index is 0.766. The van der Waals surface area contributed by atoms with Crippen molar-refractivity contribution in [1.82, 2.24) is 9.97 Å². The molecule has 0 fully saturated rings. The number of aryl methyl sites for hydroxylation is 1. The second-order valence-corrected chi connectivity index (χ2v) is 6.53. The number of thioether (sulfide) groups is 1. The average Bonchev–Trinajstić information content (AvgIpc) is 2.96. The topological polar surface area (TPSA) is 37.8 Å². The number of rotatable bonds is 5. The molecule has 3 rings (SSSR count). The van der Waals surface area contributed by atoms with Crippen molar-refractivity contribution in [3.8, 4) is 0 Å². The van der Waals surface area contributed by atoms with Gasteiger partial charge in [-0.3, -0.25) is 0 Å². The van der Waals surface area contributed by atoms with Gasteiger partial charge in [0.25, 0.3) is 0 Å². The Morgan fingerprint density at radius 3 is 2.76 bits per heavy atom. The Kier molecular flexibility index (Phi) is 4.66. The van der Waals surface area contributed by atoms with Crippen LogP contribution in [0.1, 0.15) is 30.4 Å². The number of nitrogens with one attached hydrogen (secondary N) is 1. The fourth-order valence-electron chi connectivity index (χ4n) is 2.54. The van der Waals surface area contributed by atoms with Crippen molar-refractivity contribution in [3.63, 3.8) is 0 Å². The van der Waals surface area contributed by atoms with Crippen LogP contribution in [0.5, 0.6) is 0 Å². The Hall–Kier alpha value is -1.26. The van der Waals surface area contributed by atoms with Crippen molar-refractivity contribution in [2.75, 3.05) is 11.9 Å². The van der Waals surface area contributed by atoms with Crippen molar-refractivity contribution < 1.29 is 0 Å². The van der Waals surface area contributed by atoms with E-state index in [0.717, 1.165) is 41.8 Å². The summed E-state index contributed by atoms with van der Waals surface area (Å²) < 4.78 is 0. The molecule has 0 amide bonds. The largest absolute Gasteiger partial charge is 0.370 e. The summed E-state index contributed by atoms with van der Waals surface area (Å²) in [5.41, 5.74) is 2.55. The molecule has 2 aromatic rings. The minimum absolute atomic E-state index is 0.766. The summed E-state index contributed by atoms with van der Waals surface area (Å²) in [4.78, 5) is 10.6. The van der Waals surface area contributed by atoms with Gasteiger partial charge in [0.2, 0.25) is 0 Å². The van der Waals surface area contributed by atoms with Crippen molar-refractivity contribution >= 4 is 29.2 Å². The van der Waals surface area contributed by atoms with Crippen molar-refractivity contribution in [1.29, 1.82) is 0 Å². The Morgan fingerprint density at radius 1 is 1.19 bits per heavy atom.